The van der Waals surface area contributed by atoms with Crippen molar-refractivity contribution in [2.75, 3.05) is 38.1 Å². The zero-order valence-corrected chi connectivity index (χ0v) is 18.9. The number of fused-ring (bicyclic) bond motifs is 1. The molecule has 1 saturated heterocycles. The summed E-state index contributed by atoms with van der Waals surface area (Å²) in [6, 6.07) is 12.6. The Morgan fingerprint density at radius 2 is 1.74 bits per heavy atom. The second-order valence-corrected chi connectivity index (χ2v) is 10.0. The predicted molar refractivity (Wildman–Crippen MR) is 123 cm³/mol. The van der Waals surface area contributed by atoms with Crippen molar-refractivity contribution in [3.05, 3.63) is 59.8 Å². The van der Waals surface area contributed by atoms with Gasteiger partial charge < -0.3 is 14.9 Å². The summed E-state index contributed by atoms with van der Waals surface area (Å²) < 4.78 is 27.4. The van der Waals surface area contributed by atoms with Crippen LogP contribution < -0.4 is 4.90 Å². The van der Waals surface area contributed by atoms with Gasteiger partial charge in [0, 0.05) is 31.2 Å². The van der Waals surface area contributed by atoms with E-state index in [1.165, 1.54) is 6.20 Å². The number of sulfone groups is 1. The fraction of sp³-hybridized carbons (Fsp3) is 0.375. The first-order chi connectivity index (χ1) is 14.9. The second kappa shape index (κ2) is 8.94. The van der Waals surface area contributed by atoms with E-state index in [0.29, 0.717) is 5.69 Å². The van der Waals surface area contributed by atoms with E-state index in [1.807, 2.05) is 37.3 Å². The maximum absolute atomic E-state index is 13.7. The van der Waals surface area contributed by atoms with Crippen molar-refractivity contribution >= 4 is 26.4 Å². The van der Waals surface area contributed by atoms with Crippen LogP contribution in [0.25, 0.3) is 10.9 Å². The van der Waals surface area contributed by atoms with Gasteiger partial charge in [0.25, 0.3) is 0 Å². The van der Waals surface area contributed by atoms with Crippen LogP contribution in [-0.2, 0) is 22.9 Å². The van der Waals surface area contributed by atoms with Crippen LogP contribution in [0, 0.1) is 0 Å². The van der Waals surface area contributed by atoms with E-state index in [1.54, 1.807) is 12.1 Å². The lowest BCUT2D eigenvalue weighted by Gasteiger charge is -2.27. The van der Waals surface area contributed by atoms with Crippen molar-refractivity contribution in [1.29, 1.82) is 0 Å². The number of nitrogens with zero attached hydrogens (tertiary/aromatic N) is 3. The minimum atomic E-state index is -3.76. The molecule has 7 heteroatoms. The van der Waals surface area contributed by atoms with Gasteiger partial charge in [-0.2, -0.15) is 0 Å². The van der Waals surface area contributed by atoms with Gasteiger partial charge in [-0.1, -0.05) is 25.1 Å². The molecule has 0 bridgehead atoms. The van der Waals surface area contributed by atoms with Crippen LogP contribution in [-0.4, -0.2) is 56.6 Å². The Bertz CT molecular complexity index is 1180. The zero-order chi connectivity index (χ0) is 22.0. The summed E-state index contributed by atoms with van der Waals surface area (Å²) in [5.41, 5.74) is 3.25. The van der Waals surface area contributed by atoms with Crippen LogP contribution >= 0.6 is 0 Å². The molecule has 1 N–H and O–H groups in total. The Labute approximate surface area is 184 Å². The average Bonchev–Trinajstić information content (AvgIpc) is 3.02. The van der Waals surface area contributed by atoms with Gasteiger partial charge in [-0.3, -0.25) is 4.98 Å². The number of benzene rings is 2. The summed E-state index contributed by atoms with van der Waals surface area (Å²) in [6.07, 6.45) is 3.30. The third-order valence-corrected chi connectivity index (χ3v) is 7.79. The highest BCUT2D eigenvalue weighted by atomic mass is 32.2. The van der Waals surface area contributed by atoms with E-state index in [9.17, 15) is 13.5 Å². The topological polar surface area (TPSA) is 73.7 Å². The first-order valence-corrected chi connectivity index (χ1v) is 12.2. The molecule has 6 nitrogen and oxygen atoms in total. The SMILES string of the molecule is CCc1ccc(S(=O)(=O)c2cnc3ccc(CO)cc3c2N2CCCN(C)CC2)cc1. The first-order valence-electron chi connectivity index (χ1n) is 10.7. The molecule has 4 rings (SSSR count). The van der Waals surface area contributed by atoms with Crippen molar-refractivity contribution in [1.82, 2.24) is 9.88 Å². The van der Waals surface area contributed by atoms with E-state index < -0.39 is 9.84 Å². The number of pyridine rings is 1. The molecular weight excluding hydrogens is 410 g/mol. The molecule has 0 saturated carbocycles. The molecule has 2 aromatic carbocycles. The number of rotatable bonds is 5. The van der Waals surface area contributed by atoms with Crippen LogP contribution in [0.1, 0.15) is 24.5 Å². The monoisotopic (exact) mass is 439 g/mol. The summed E-state index contributed by atoms with van der Waals surface area (Å²) in [5.74, 6) is 0. The number of aryl methyl sites for hydroxylation is 1. The molecular formula is C24H29N3O3S. The minimum Gasteiger partial charge on any atom is -0.392 e. The summed E-state index contributed by atoms with van der Waals surface area (Å²) in [5, 5.41) is 10.4. The van der Waals surface area contributed by atoms with Gasteiger partial charge in [0.05, 0.1) is 22.7 Å². The van der Waals surface area contributed by atoms with Crippen LogP contribution in [0.2, 0.25) is 0 Å². The molecule has 0 unspecified atom stereocenters. The summed E-state index contributed by atoms with van der Waals surface area (Å²) >= 11 is 0. The Morgan fingerprint density at radius 1 is 1.00 bits per heavy atom. The highest BCUT2D eigenvalue weighted by Crippen LogP contribution is 2.36. The number of aliphatic hydroxyl groups is 1. The molecule has 0 amide bonds. The number of hydrogen-bond acceptors (Lipinski definition) is 6. The van der Waals surface area contributed by atoms with Crippen molar-refractivity contribution in [3.63, 3.8) is 0 Å². The van der Waals surface area contributed by atoms with E-state index in [0.717, 1.165) is 61.1 Å². The largest absolute Gasteiger partial charge is 0.392 e. The molecule has 1 aliphatic rings. The Hall–Kier alpha value is -2.48. The number of anilines is 1. The highest BCUT2D eigenvalue weighted by Gasteiger charge is 2.28. The Balaban J connectivity index is 1.93. The average molecular weight is 440 g/mol. The molecule has 1 aliphatic heterocycles. The molecule has 0 aliphatic carbocycles. The molecule has 31 heavy (non-hydrogen) atoms. The van der Waals surface area contributed by atoms with Gasteiger partial charge in [-0.15, -0.1) is 0 Å². The summed E-state index contributed by atoms with van der Waals surface area (Å²) in [4.78, 5) is 9.41. The molecule has 1 aromatic heterocycles. The van der Waals surface area contributed by atoms with Crippen molar-refractivity contribution in [3.8, 4) is 0 Å². The van der Waals surface area contributed by atoms with Crippen molar-refractivity contribution in [2.45, 2.75) is 36.2 Å². The lowest BCUT2D eigenvalue weighted by atomic mass is 10.1. The number of aromatic nitrogens is 1. The normalized spacial score (nSPS) is 15.9. The molecule has 0 atom stereocenters. The maximum Gasteiger partial charge on any atom is 0.210 e. The fourth-order valence-electron chi connectivity index (χ4n) is 4.13. The van der Waals surface area contributed by atoms with Crippen molar-refractivity contribution < 1.29 is 13.5 Å². The molecule has 0 radical (unpaired) electrons. The van der Waals surface area contributed by atoms with E-state index >= 15 is 0 Å². The van der Waals surface area contributed by atoms with E-state index in [-0.39, 0.29) is 16.4 Å². The second-order valence-electron chi connectivity index (χ2n) is 8.13. The van der Waals surface area contributed by atoms with Gasteiger partial charge in [0.15, 0.2) is 0 Å². The summed E-state index contributed by atoms with van der Waals surface area (Å²) in [6.45, 7) is 5.27. The predicted octanol–water partition coefficient (Wildman–Crippen LogP) is 3.26. The first kappa shape index (κ1) is 21.7. The molecule has 2 heterocycles. The Kier molecular flexibility index (Phi) is 6.27. The van der Waals surface area contributed by atoms with Crippen LogP contribution in [0.5, 0.6) is 0 Å². The van der Waals surface area contributed by atoms with E-state index in [4.69, 9.17) is 0 Å². The van der Waals surface area contributed by atoms with Crippen LogP contribution in [0.4, 0.5) is 5.69 Å². The van der Waals surface area contributed by atoms with Gasteiger partial charge in [-0.25, -0.2) is 8.42 Å². The van der Waals surface area contributed by atoms with Crippen LogP contribution in [0.3, 0.4) is 0 Å². The molecule has 1 fully saturated rings. The molecule has 3 aromatic rings. The van der Waals surface area contributed by atoms with E-state index in [2.05, 4.69) is 21.8 Å². The maximum atomic E-state index is 13.7. The molecule has 164 valence electrons. The summed E-state index contributed by atoms with van der Waals surface area (Å²) in [7, 11) is -1.67. The van der Waals surface area contributed by atoms with Gasteiger partial charge in [0.2, 0.25) is 9.84 Å². The number of likely N-dealkylation sites (N-methyl/N-ethyl adjacent to an activating group) is 1. The minimum absolute atomic E-state index is 0.104. The smallest absolute Gasteiger partial charge is 0.210 e. The lowest BCUT2D eigenvalue weighted by molar-refractivity contribution is 0.282. The van der Waals surface area contributed by atoms with Crippen LogP contribution in [0.15, 0.2) is 58.5 Å². The fourth-order valence-corrected chi connectivity index (χ4v) is 5.56. The third-order valence-electron chi connectivity index (χ3n) is 6.02. The standard InChI is InChI=1S/C24H29N3O3S/c1-3-18-5-8-20(9-6-18)31(29,30)23-16-25-22-10-7-19(17-28)15-21(22)24(23)27-12-4-11-26(2)13-14-27/h5-10,15-16,28H,3-4,11-14,17H2,1-2H3. The number of hydrogen-bond donors (Lipinski definition) is 1. The third kappa shape index (κ3) is 4.31. The highest BCUT2D eigenvalue weighted by molar-refractivity contribution is 7.91. The quantitative estimate of drug-likeness (QED) is 0.658. The van der Waals surface area contributed by atoms with Gasteiger partial charge >= 0.3 is 0 Å². The Morgan fingerprint density at radius 3 is 2.45 bits per heavy atom. The lowest BCUT2D eigenvalue weighted by Crippen LogP contribution is -2.30. The molecule has 0 spiro atoms. The van der Waals surface area contributed by atoms with Gasteiger partial charge in [-0.05, 0) is 61.8 Å². The van der Waals surface area contributed by atoms with Crippen molar-refractivity contribution in [2.24, 2.45) is 0 Å². The zero-order valence-electron chi connectivity index (χ0n) is 18.1. The van der Waals surface area contributed by atoms with Gasteiger partial charge in [0.1, 0.15) is 4.90 Å². The number of aliphatic hydroxyl groups excluding tert-OH is 1.